The van der Waals surface area contributed by atoms with Crippen molar-refractivity contribution in [1.82, 2.24) is 4.98 Å². The first-order valence-corrected chi connectivity index (χ1v) is 6.11. The maximum Gasteiger partial charge on any atom is 0.0786 e. The molecule has 2 rings (SSSR count). The highest BCUT2D eigenvalue weighted by Gasteiger charge is 2.32. The summed E-state index contributed by atoms with van der Waals surface area (Å²) in [6, 6.07) is 1.88. The summed E-state index contributed by atoms with van der Waals surface area (Å²) < 4.78 is 0. The van der Waals surface area contributed by atoms with Gasteiger partial charge in [-0.05, 0) is 23.8 Å². The molecule has 14 heavy (non-hydrogen) atoms. The van der Waals surface area contributed by atoms with Crippen molar-refractivity contribution in [2.75, 3.05) is 11.5 Å². The van der Waals surface area contributed by atoms with E-state index in [9.17, 15) is 5.11 Å². The molecule has 0 aromatic carbocycles. The standard InChI is InChI=1S/C10H12ClNOS/c11-9-6-12-3-1-8(9)5-10(13)2-4-14-7-10/h1,3,6,13H,2,4-5,7H2. The van der Waals surface area contributed by atoms with E-state index in [2.05, 4.69) is 4.98 Å². The minimum Gasteiger partial charge on any atom is -0.389 e. The molecule has 1 fully saturated rings. The molecular formula is C10H12ClNOS. The Morgan fingerprint density at radius 1 is 1.64 bits per heavy atom. The molecule has 1 saturated heterocycles. The molecule has 1 N–H and O–H groups in total. The second-order valence-corrected chi connectivity index (χ2v) is 5.18. The van der Waals surface area contributed by atoms with E-state index in [-0.39, 0.29) is 0 Å². The van der Waals surface area contributed by atoms with Gasteiger partial charge in [0.15, 0.2) is 0 Å². The largest absolute Gasteiger partial charge is 0.389 e. The van der Waals surface area contributed by atoms with Crippen LogP contribution >= 0.6 is 23.4 Å². The van der Waals surface area contributed by atoms with Crippen LogP contribution in [0, 0.1) is 0 Å². The van der Waals surface area contributed by atoms with Gasteiger partial charge in [0, 0.05) is 24.6 Å². The van der Waals surface area contributed by atoms with Gasteiger partial charge in [-0.15, -0.1) is 0 Å². The van der Waals surface area contributed by atoms with Gasteiger partial charge >= 0.3 is 0 Å². The predicted octanol–water partition coefficient (Wildman–Crippen LogP) is 2.15. The average molecular weight is 230 g/mol. The zero-order chi connectivity index (χ0) is 10.0. The Kier molecular flexibility index (Phi) is 3.00. The van der Waals surface area contributed by atoms with Crippen molar-refractivity contribution in [2.45, 2.75) is 18.4 Å². The van der Waals surface area contributed by atoms with Gasteiger partial charge in [-0.1, -0.05) is 11.6 Å². The molecule has 1 atom stereocenters. The molecule has 1 aromatic rings. The Bertz CT molecular complexity index is 326. The van der Waals surface area contributed by atoms with Crippen molar-refractivity contribution < 1.29 is 5.11 Å². The Labute approximate surface area is 92.7 Å². The number of aliphatic hydroxyl groups is 1. The van der Waals surface area contributed by atoms with E-state index in [1.165, 1.54) is 0 Å². The number of aromatic nitrogens is 1. The fraction of sp³-hybridized carbons (Fsp3) is 0.500. The third-order valence-corrected chi connectivity index (χ3v) is 4.03. The first-order valence-electron chi connectivity index (χ1n) is 4.58. The summed E-state index contributed by atoms with van der Waals surface area (Å²) in [7, 11) is 0. The Morgan fingerprint density at radius 2 is 2.50 bits per heavy atom. The fourth-order valence-corrected chi connectivity index (χ4v) is 3.12. The zero-order valence-corrected chi connectivity index (χ0v) is 9.31. The zero-order valence-electron chi connectivity index (χ0n) is 7.74. The molecular weight excluding hydrogens is 218 g/mol. The third kappa shape index (κ3) is 2.22. The number of rotatable bonds is 2. The average Bonchev–Trinajstić information content (AvgIpc) is 2.57. The van der Waals surface area contributed by atoms with Crippen LogP contribution in [0.3, 0.4) is 0 Å². The van der Waals surface area contributed by atoms with Crippen LogP contribution in [0.2, 0.25) is 5.02 Å². The van der Waals surface area contributed by atoms with Gasteiger partial charge in [-0.25, -0.2) is 0 Å². The number of hydrogen-bond acceptors (Lipinski definition) is 3. The van der Waals surface area contributed by atoms with Crippen LogP contribution < -0.4 is 0 Å². The van der Waals surface area contributed by atoms with Crippen LogP contribution in [0.5, 0.6) is 0 Å². The monoisotopic (exact) mass is 229 g/mol. The molecule has 0 bridgehead atoms. The van der Waals surface area contributed by atoms with E-state index in [0.717, 1.165) is 23.5 Å². The lowest BCUT2D eigenvalue weighted by molar-refractivity contribution is 0.0686. The summed E-state index contributed by atoms with van der Waals surface area (Å²) in [5, 5.41) is 10.8. The van der Waals surface area contributed by atoms with Crippen LogP contribution in [0.4, 0.5) is 0 Å². The van der Waals surface area contributed by atoms with Gasteiger partial charge in [-0.3, -0.25) is 4.98 Å². The van der Waals surface area contributed by atoms with Gasteiger partial charge in [0.25, 0.3) is 0 Å². The predicted molar refractivity (Wildman–Crippen MR) is 59.8 cm³/mol. The van der Waals surface area contributed by atoms with E-state index in [4.69, 9.17) is 11.6 Å². The van der Waals surface area contributed by atoms with Gasteiger partial charge < -0.3 is 5.11 Å². The molecule has 2 nitrogen and oxygen atoms in total. The van der Waals surface area contributed by atoms with Gasteiger partial charge in [0.05, 0.1) is 10.6 Å². The van der Waals surface area contributed by atoms with E-state index in [1.54, 1.807) is 24.2 Å². The summed E-state index contributed by atoms with van der Waals surface area (Å²) in [5.74, 6) is 1.85. The first-order chi connectivity index (χ1) is 6.70. The molecule has 0 amide bonds. The molecule has 76 valence electrons. The smallest absolute Gasteiger partial charge is 0.0786 e. The summed E-state index contributed by atoms with van der Waals surface area (Å²) in [6.45, 7) is 0. The topological polar surface area (TPSA) is 33.1 Å². The molecule has 0 spiro atoms. The molecule has 0 saturated carbocycles. The van der Waals surface area contributed by atoms with Gasteiger partial charge in [0.1, 0.15) is 0 Å². The summed E-state index contributed by atoms with van der Waals surface area (Å²) in [4.78, 5) is 3.92. The quantitative estimate of drug-likeness (QED) is 0.844. The third-order valence-electron chi connectivity index (χ3n) is 2.46. The number of pyridine rings is 1. The van der Waals surface area contributed by atoms with Crippen molar-refractivity contribution >= 4 is 23.4 Å². The highest BCUT2D eigenvalue weighted by atomic mass is 35.5. The van der Waals surface area contributed by atoms with Crippen LogP contribution in [0.25, 0.3) is 0 Å². The molecule has 1 unspecified atom stereocenters. The van der Waals surface area contributed by atoms with E-state index < -0.39 is 5.60 Å². The van der Waals surface area contributed by atoms with E-state index in [1.807, 2.05) is 6.07 Å². The molecule has 2 heterocycles. The van der Waals surface area contributed by atoms with Crippen molar-refractivity contribution in [3.05, 3.63) is 29.0 Å². The molecule has 1 aliphatic rings. The molecule has 4 heteroatoms. The Hall–Kier alpha value is -0.250. The van der Waals surface area contributed by atoms with Crippen molar-refractivity contribution in [3.63, 3.8) is 0 Å². The summed E-state index contributed by atoms with van der Waals surface area (Å²) >= 11 is 7.78. The molecule has 0 aliphatic carbocycles. The normalized spacial score (nSPS) is 26.7. The van der Waals surface area contributed by atoms with Crippen molar-refractivity contribution in [3.8, 4) is 0 Å². The fourth-order valence-electron chi connectivity index (χ4n) is 1.64. The summed E-state index contributed by atoms with van der Waals surface area (Å²) in [5.41, 5.74) is 0.432. The van der Waals surface area contributed by atoms with Crippen LogP contribution in [0.1, 0.15) is 12.0 Å². The lowest BCUT2D eigenvalue weighted by Gasteiger charge is -2.21. The second kappa shape index (κ2) is 4.09. The number of nitrogens with zero attached hydrogens (tertiary/aromatic N) is 1. The van der Waals surface area contributed by atoms with Crippen LogP contribution in [-0.2, 0) is 6.42 Å². The number of halogens is 1. The number of thioether (sulfide) groups is 1. The SMILES string of the molecule is OC1(Cc2ccncc2Cl)CCSC1. The molecule has 1 aliphatic heterocycles. The summed E-state index contributed by atoms with van der Waals surface area (Å²) in [6.07, 6.45) is 4.84. The molecule has 1 aromatic heterocycles. The molecule has 0 radical (unpaired) electrons. The van der Waals surface area contributed by atoms with Gasteiger partial charge in [-0.2, -0.15) is 11.8 Å². The number of hydrogen-bond donors (Lipinski definition) is 1. The minimum absolute atomic E-state index is 0.560. The van der Waals surface area contributed by atoms with Crippen molar-refractivity contribution in [1.29, 1.82) is 0 Å². The second-order valence-electron chi connectivity index (χ2n) is 3.67. The lowest BCUT2D eigenvalue weighted by atomic mass is 9.95. The van der Waals surface area contributed by atoms with E-state index >= 15 is 0 Å². The first kappa shape index (κ1) is 10.3. The van der Waals surface area contributed by atoms with Crippen LogP contribution in [-0.4, -0.2) is 27.2 Å². The van der Waals surface area contributed by atoms with Crippen molar-refractivity contribution in [2.24, 2.45) is 0 Å². The lowest BCUT2D eigenvalue weighted by Crippen LogP contribution is -2.30. The maximum atomic E-state index is 10.2. The van der Waals surface area contributed by atoms with Gasteiger partial charge in [0.2, 0.25) is 0 Å². The Morgan fingerprint density at radius 3 is 3.14 bits per heavy atom. The minimum atomic E-state index is -0.560. The Balaban J connectivity index is 2.14. The maximum absolute atomic E-state index is 10.2. The van der Waals surface area contributed by atoms with Crippen LogP contribution in [0.15, 0.2) is 18.5 Å². The highest BCUT2D eigenvalue weighted by molar-refractivity contribution is 7.99. The van der Waals surface area contributed by atoms with E-state index in [0.29, 0.717) is 11.4 Å². The highest BCUT2D eigenvalue weighted by Crippen LogP contribution is 2.32.